The molecule has 2 N–H and O–H groups in total. The molecule has 0 spiro atoms. The third-order valence-corrected chi connectivity index (χ3v) is 5.32. The fourth-order valence-corrected chi connectivity index (χ4v) is 3.69. The topological polar surface area (TPSA) is 105 Å². The van der Waals surface area contributed by atoms with Crippen molar-refractivity contribution in [1.82, 2.24) is 10.2 Å². The summed E-state index contributed by atoms with van der Waals surface area (Å²) in [5.41, 5.74) is 4.34. The Balaban J connectivity index is 1.57. The lowest BCUT2D eigenvalue weighted by atomic mass is 9.98. The summed E-state index contributed by atoms with van der Waals surface area (Å²) in [7, 11) is 1.48. The molecular formula is C24H26N2O6. The van der Waals surface area contributed by atoms with Crippen molar-refractivity contribution in [3.05, 3.63) is 72.3 Å². The maximum Gasteiger partial charge on any atom is 0.409 e. The molecule has 1 aliphatic carbocycles. The molecule has 8 nitrogen and oxygen atoms in total. The predicted octanol–water partition coefficient (Wildman–Crippen LogP) is 3.62. The number of alkyl carbamates (subject to hydrolysis) is 1. The highest BCUT2D eigenvalue weighted by Gasteiger charge is 2.30. The van der Waals surface area contributed by atoms with Crippen molar-refractivity contribution in [3.63, 3.8) is 0 Å². The van der Waals surface area contributed by atoms with Gasteiger partial charge in [0.05, 0.1) is 0 Å². The summed E-state index contributed by atoms with van der Waals surface area (Å²) < 4.78 is 10.3. The highest BCUT2D eigenvalue weighted by Crippen LogP contribution is 2.44. The molecule has 0 aromatic heterocycles. The Morgan fingerprint density at radius 1 is 1.09 bits per heavy atom. The number of carbonyl (C=O) groups excluding carboxylic acids is 2. The summed E-state index contributed by atoms with van der Waals surface area (Å²) in [5.74, 6) is -1.34. The van der Waals surface area contributed by atoms with Crippen LogP contribution in [0.3, 0.4) is 0 Å². The number of amides is 2. The Hall–Kier alpha value is -3.81. The Labute approximate surface area is 186 Å². The van der Waals surface area contributed by atoms with Crippen LogP contribution in [0.1, 0.15) is 23.5 Å². The molecule has 1 atom stereocenters. The number of hydrogen-bond donors (Lipinski definition) is 2. The van der Waals surface area contributed by atoms with Crippen LogP contribution in [0.25, 0.3) is 11.1 Å². The highest BCUT2D eigenvalue weighted by atomic mass is 16.6. The minimum Gasteiger partial charge on any atom is -0.480 e. The molecule has 0 saturated heterocycles. The van der Waals surface area contributed by atoms with Crippen molar-refractivity contribution < 1.29 is 29.0 Å². The van der Waals surface area contributed by atoms with Gasteiger partial charge in [-0.25, -0.2) is 14.4 Å². The van der Waals surface area contributed by atoms with Gasteiger partial charge in [0.25, 0.3) is 0 Å². The van der Waals surface area contributed by atoms with E-state index in [2.05, 4.69) is 11.9 Å². The highest BCUT2D eigenvalue weighted by molar-refractivity contribution is 5.81. The van der Waals surface area contributed by atoms with E-state index in [1.807, 2.05) is 48.5 Å². The third-order valence-electron chi connectivity index (χ3n) is 5.32. The van der Waals surface area contributed by atoms with Crippen molar-refractivity contribution in [2.75, 3.05) is 26.8 Å². The van der Waals surface area contributed by atoms with Gasteiger partial charge >= 0.3 is 18.2 Å². The zero-order chi connectivity index (χ0) is 23.1. The average molecular weight is 438 g/mol. The quantitative estimate of drug-likeness (QED) is 0.580. The number of benzene rings is 2. The van der Waals surface area contributed by atoms with E-state index in [9.17, 15) is 19.5 Å². The van der Waals surface area contributed by atoms with Crippen LogP contribution in [0.4, 0.5) is 9.59 Å². The number of aliphatic carboxylic acids is 1. The fourth-order valence-electron chi connectivity index (χ4n) is 3.69. The molecule has 0 aliphatic heterocycles. The van der Waals surface area contributed by atoms with Gasteiger partial charge in [-0.3, -0.25) is 0 Å². The number of ether oxygens (including phenoxy) is 2. The molecule has 2 aromatic rings. The number of fused-ring (bicyclic) bond motifs is 3. The van der Waals surface area contributed by atoms with Gasteiger partial charge in [0.15, 0.2) is 0 Å². The van der Waals surface area contributed by atoms with Crippen molar-refractivity contribution in [2.24, 2.45) is 0 Å². The van der Waals surface area contributed by atoms with E-state index in [1.54, 1.807) is 0 Å². The predicted molar refractivity (Wildman–Crippen MR) is 118 cm³/mol. The number of carboxylic acid groups (broad SMARTS) is 1. The van der Waals surface area contributed by atoms with E-state index >= 15 is 0 Å². The zero-order valence-corrected chi connectivity index (χ0v) is 17.8. The third kappa shape index (κ3) is 5.26. The summed E-state index contributed by atoms with van der Waals surface area (Å²) >= 11 is 0. The lowest BCUT2D eigenvalue weighted by molar-refractivity contribution is -0.139. The van der Waals surface area contributed by atoms with E-state index in [1.165, 1.54) is 18.0 Å². The van der Waals surface area contributed by atoms with Gasteiger partial charge in [-0.1, -0.05) is 61.2 Å². The largest absolute Gasteiger partial charge is 0.480 e. The van der Waals surface area contributed by atoms with Gasteiger partial charge in [-0.15, -0.1) is 0 Å². The molecule has 2 amide bonds. The fraction of sp³-hybridized carbons (Fsp3) is 0.292. The van der Waals surface area contributed by atoms with Crippen LogP contribution in [-0.2, 0) is 14.3 Å². The van der Waals surface area contributed by atoms with Gasteiger partial charge in [0, 0.05) is 19.5 Å². The van der Waals surface area contributed by atoms with Crippen molar-refractivity contribution in [2.45, 2.75) is 18.4 Å². The van der Waals surface area contributed by atoms with E-state index in [0.717, 1.165) is 22.3 Å². The Bertz CT molecular complexity index is 960. The molecule has 1 aliphatic rings. The van der Waals surface area contributed by atoms with Gasteiger partial charge in [0.1, 0.15) is 19.3 Å². The molecule has 0 saturated carbocycles. The van der Waals surface area contributed by atoms with Crippen LogP contribution >= 0.6 is 0 Å². The van der Waals surface area contributed by atoms with Crippen LogP contribution < -0.4 is 5.32 Å². The van der Waals surface area contributed by atoms with E-state index in [0.29, 0.717) is 0 Å². The molecule has 0 heterocycles. The van der Waals surface area contributed by atoms with Crippen LogP contribution in [0, 0.1) is 0 Å². The summed E-state index contributed by atoms with van der Waals surface area (Å²) in [6.07, 6.45) is 0.00954. The summed E-state index contributed by atoms with van der Waals surface area (Å²) in [6, 6.07) is 14.7. The summed E-state index contributed by atoms with van der Waals surface area (Å²) in [5, 5.41) is 11.8. The molecular weight excluding hydrogens is 412 g/mol. The molecule has 0 radical (unpaired) electrons. The number of nitrogens with one attached hydrogen (secondary N) is 1. The maximum atomic E-state index is 12.3. The zero-order valence-electron chi connectivity index (χ0n) is 17.8. The van der Waals surface area contributed by atoms with Crippen molar-refractivity contribution in [3.8, 4) is 11.1 Å². The molecule has 32 heavy (non-hydrogen) atoms. The molecule has 0 bridgehead atoms. The number of nitrogens with zero attached hydrogens (tertiary/aromatic N) is 1. The van der Waals surface area contributed by atoms with E-state index in [4.69, 9.17) is 9.47 Å². The number of rotatable bonds is 9. The maximum absolute atomic E-state index is 12.3. The first-order valence-electron chi connectivity index (χ1n) is 10.3. The van der Waals surface area contributed by atoms with Gasteiger partial charge in [-0.05, 0) is 28.7 Å². The Morgan fingerprint density at radius 3 is 2.25 bits per heavy atom. The lowest BCUT2D eigenvalue weighted by Crippen LogP contribution is -2.44. The number of carboxylic acids is 1. The summed E-state index contributed by atoms with van der Waals surface area (Å²) in [4.78, 5) is 36.9. The molecule has 8 heteroatoms. The first kappa shape index (κ1) is 22.9. The van der Waals surface area contributed by atoms with Gasteiger partial charge < -0.3 is 24.8 Å². The van der Waals surface area contributed by atoms with Gasteiger partial charge in [0.2, 0.25) is 0 Å². The monoisotopic (exact) mass is 438 g/mol. The van der Waals surface area contributed by atoms with E-state index < -0.39 is 24.2 Å². The molecule has 0 fully saturated rings. The van der Waals surface area contributed by atoms with Crippen LogP contribution in [0.2, 0.25) is 0 Å². The second-order valence-corrected chi connectivity index (χ2v) is 7.44. The molecule has 3 rings (SSSR count). The number of carbonyl (C=O) groups is 3. The lowest BCUT2D eigenvalue weighted by Gasteiger charge is -2.20. The smallest absolute Gasteiger partial charge is 0.409 e. The molecule has 2 aromatic carbocycles. The SMILES string of the molecule is C=CCOC(=O)N(C)CC[C@H](NC(=O)OCC1c2ccccc2-c2ccccc21)C(=O)O. The Morgan fingerprint density at radius 2 is 1.69 bits per heavy atom. The molecule has 0 unspecified atom stereocenters. The van der Waals surface area contributed by atoms with Crippen LogP contribution in [0.5, 0.6) is 0 Å². The number of hydrogen-bond acceptors (Lipinski definition) is 5. The minimum absolute atomic E-state index is 0.000776. The Kier molecular flexibility index (Phi) is 7.49. The minimum atomic E-state index is -1.22. The average Bonchev–Trinajstić information content (AvgIpc) is 3.12. The van der Waals surface area contributed by atoms with E-state index in [-0.39, 0.29) is 32.1 Å². The normalized spacial score (nSPS) is 12.8. The first-order chi connectivity index (χ1) is 15.4. The van der Waals surface area contributed by atoms with Crippen molar-refractivity contribution in [1.29, 1.82) is 0 Å². The van der Waals surface area contributed by atoms with Crippen molar-refractivity contribution >= 4 is 18.2 Å². The second kappa shape index (κ2) is 10.5. The summed E-state index contributed by atoms with van der Waals surface area (Å²) in [6.45, 7) is 3.68. The second-order valence-electron chi connectivity index (χ2n) is 7.44. The van der Waals surface area contributed by atoms with Gasteiger partial charge in [-0.2, -0.15) is 0 Å². The van der Waals surface area contributed by atoms with Crippen LogP contribution in [-0.4, -0.2) is 61.0 Å². The van der Waals surface area contributed by atoms with Crippen LogP contribution in [0.15, 0.2) is 61.2 Å². The standard InChI is InChI=1S/C24H26N2O6/c1-3-14-31-24(30)26(2)13-12-21(22(27)28)25-23(29)32-15-20-18-10-6-4-8-16(18)17-9-5-7-11-19(17)20/h3-11,20-21H,1,12-15H2,2H3,(H,25,29)(H,27,28)/t21-/m0/s1. The molecule has 168 valence electrons. The first-order valence-corrected chi connectivity index (χ1v) is 10.3.